The van der Waals surface area contributed by atoms with Gasteiger partial charge in [0.05, 0.1) is 18.2 Å². The molecule has 5 N–H and O–H groups in total. The quantitative estimate of drug-likeness (QED) is 0.125. The number of urea groups is 1. The molecule has 5 rings (SSSR count). The van der Waals surface area contributed by atoms with Crippen LogP contribution in [0.4, 0.5) is 16.2 Å². The van der Waals surface area contributed by atoms with Gasteiger partial charge >= 0.3 is 12.0 Å². The third-order valence-corrected chi connectivity index (χ3v) is 11.5. The standard InChI is InChI=1S/C38H48N4O6S/c1-2-26-9-8-12-32(25-26)42-49(47,48)34-14-7-6-13-33(34)40-38(46)41-36(29-17-15-28(16-18-29)27-10-4-3-5-11-27)30-19-21-31(22-20-30)37(45)39-24-23-35(43)44/h6-9,12-14,19-22,25,27-29,36,42H,2-5,10-11,15-18,23-24H2,1H3,(H,39,45)(H,43,44)(H2,40,41,46). The Bertz CT molecular complexity index is 1700. The molecular formula is C38H48N4O6S. The Morgan fingerprint density at radius 1 is 0.837 bits per heavy atom. The first kappa shape index (κ1) is 35.9. The minimum atomic E-state index is -4.02. The molecular weight excluding hydrogens is 641 g/mol. The highest BCUT2D eigenvalue weighted by atomic mass is 32.2. The molecule has 262 valence electrons. The van der Waals surface area contributed by atoms with Gasteiger partial charge in [-0.25, -0.2) is 13.2 Å². The Morgan fingerprint density at radius 2 is 1.53 bits per heavy atom. The lowest BCUT2D eigenvalue weighted by Gasteiger charge is -2.38. The summed E-state index contributed by atoms with van der Waals surface area (Å²) in [6.07, 6.45) is 11.3. The predicted molar refractivity (Wildman–Crippen MR) is 191 cm³/mol. The first-order chi connectivity index (χ1) is 23.6. The maximum atomic E-state index is 13.7. The van der Waals surface area contributed by atoms with E-state index in [0.717, 1.165) is 49.1 Å². The third-order valence-electron chi connectivity index (χ3n) is 10.1. The molecule has 2 aliphatic rings. The van der Waals surface area contributed by atoms with Crippen molar-refractivity contribution in [2.24, 2.45) is 17.8 Å². The highest BCUT2D eigenvalue weighted by molar-refractivity contribution is 7.92. The van der Waals surface area contributed by atoms with E-state index in [1.54, 1.807) is 48.5 Å². The number of aliphatic carboxylic acids is 1. The molecule has 0 saturated heterocycles. The summed E-state index contributed by atoms with van der Waals surface area (Å²) in [6.45, 7) is 2.03. The van der Waals surface area contributed by atoms with Crippen LogP contribution in [0, 0.1) is 17.8 Å². The van der Waals surface area contributed by atoms with Gasteiger partial charge in [-0.3, -0.25) is 14.3 Å². The van der Waals surface area contributed by atoms with Gasteiger partial charge in [0.1, 0.15) is 4.90 Å². The molecule has 0 bridgehead atoms. The molecule has 11 heteroatoms. The lowest BCUT2D eigenvalue weighted by atomic mass is 9.69. The molecule has 0 aliphatic heterocycles. The number of rotatable bonds is 13. The predicted octanol–water partition coefficient (Wildman–Crippen LogP) is 7.50. The van der Waals surface area contributed by atoms with E-state index < -0.39 is 22.0 Å². The smallest absolute Gasteiger partial charge is 0.319 e. The summed E-state index contributed by atoms with van der Waals surface area (Å²) in [7, 11) is -4.02. The topological polar surface area (TPSA) is 154 Å². The molecule has 2 saturated carbocycles. The van der Waals surface area contributed by atoms with Crippen LogP contribution in [0.15, 0.2) is 77.7 Å². The molecule has 0 heterocycles. The van der Waals surface area contributed by atoms with E-state index in [0.29, 0.717) is 17.2 Å². The number of carboxylic acids is 1. The number of anilines is 2. The third kappa shape index (κ3) is 9.84. The second-order valence-electron chi connectivity index (χ2n) is 13.3. The Morgan fingerprint density at radius 3 is 2.22 bits per heavy atom. The van der Waals surface area contributed by atoms with Crippen molar-refractivity contribution in [2.75, 3.05) is 16.6 Å². The zero-order valence-corrected chi connectivity index (χ0v) is 28.9. The van der Waals surface area contributed by atoms with Crippen LogP contribution in [0.2, 0.25) is 0 Å². The summed E-state index contributed by atoms with van der Waals surface area (Å²) in [6, 6.07) is 19.7. The van der Waals surface area contributed by atoms with Crippen molar-refractivity contribution in [3.63, 3.8) is 0 Å². The Labute approximate surface area is 289 Å². The van der Waals surface area contributed by atoms with E-state index in [9.17, 15) is 22.8 Å². The summed E-state index contributed by atoms with van der Waals surface area (Å²) >= 11 is 0. The Balaban J connectivity index is 1.32. The molecule has 2 fully saturated rings. The van der Waals surface area contributed by atoms with Gasteiger partial charge in [0, 0.05) is 17.8 Å². The molecule has 3 aromatic rings. The molecule has 1 atom stereocenters. The van der Waals surface area contributed by atoms with Crippen LogP contribution in [0.25, 0.3) is 0 Å². The molecule has 0 aromatic heterocycles. The summed E-state index contributed by atoms with van der Waals surface area (Å²) in [5, 5.41) is 17.5. The molecule has 3 amide bonds. The van der Waals surface area contributed by atoms with E-state index >= 15 is 0 Å². The fourth-order valence-electron chi connectivity index (χ4n) is 7.42. The first-order valence-corrected chi connectivity index (χ1v) is 19.0. The molecule has 2 aliphatic carbocycles. The SMILES string of the molecule is CCc1cccc(NS(=O)(=O)c2ccccc2NC(=O)NC(c2ccc(C(=O)NCCC(=O)O)cc2)C2CCC(C3CCCCC3)CC2)c1. The number of carboxylic acid groups (broad SMARTS) is 1. The molecule has 10 nitrogen and oxygen atoms in total. The number of sulfonamides is 1. The van der Waals surface area contributed by atoms with E-state index in [1.165, 1.54) is 38.2 Å². The summed E-state index contributed by atoms with van der Waals surface area (Å²) in [4.78, 5) is 37.1. The summed E-state index contributed by atoms with van der Waals surface area (Å²) in [5.41, 5.74) is 2.84. The fourth-order valence-corrected chi connectivity index (χ4v) is 8.64. The number of amides is 3. The van der Waals surface area contributed by atoms with Gasteiger partial charge in [-0.1, -0.05) is 75.4 Å². The molecule has 0 radical (unpaired) electrons. The maximum Gasteiger partial charge on any atom is 0.319 e. The van der Waals surface area contributed by atoms with Crippen molar-refractivity contribution in [1.82, 2.24) is 10.6 Å². The average Bonchev–Trinajstić information content (AvgIpc) is 3.11. The Hall–Kier alpha value is -4.38. The van der Waals surface area contributed by atoms with E-state index in [-0.39, 0.29) is 41.4 Å². The Kier molecular flexibility index (Phi) is 12.3. The summed E-state index contributed by atoms with van der Waals surface area (Å²) in [5.74, 6) is 0.285. The van der Waals surface area contributed by atoms with Crippen molar-refractivity contribution in [1.29, 1.82) is 0 Å². The second-order valence-corrected chi connectivity index (χ2v) is 15.0. The van der Waals surface area contributed by atoms with Crippen LogP contribution in [0.1, 0.15) is 98.7 Å². The van der Waals surface area contributed by atoms with Crippen LogP contribution < -0.4 is 20.7 Å². The number of para-hydroxylation sites is 1. The van der Waals surface area contributed by atoms with Gasteiger partial charge in [0.15, 0.2) is 0 Å². The number of hydrogen-bond acceptors (Lipinski definition) is 5. The van der Waals surface area contributed by atoms with Crippen molar-refractivity contribution in [2.45, 2.75) is 88.5 Å². The zero-order valence-electron chi connectivity index (χ0n) is 28.1. The van der Waals surface area contributed by atoms with E-state index in [1.807, 2.05) is 25.1 Å². The van der Waals surface area contributed by atoms with Crippen molar-refractivity contribution in [3.8, 4) is 0 Å². The number of aryl methyl sites for hydroxylation is 1. The lowest BCUT2D eigenvalue weighted by Crippen LogP contribution is -2.38. The van der Waals surface area contributed by atoms with Gasteiger partial charge in [0.25, 0.3) is 15.9 Å². The van der Waals surface area contributed by atoms with Gasteiger partial charge in [-0.2, -0.15) is 0 Å². The van der Waals surface area contributed by atoms with Crippen LogP contribution in [0.3, 0.4) is 0 Å². The van der Waals surface area contributed by atoms with Crippen LogP contribution in [0.5, 0.6) is 0 Å². The first-order valence-electron chi connectivity index (χ1n) is 17.5. The molecule has 1 unspecified atom stereocenters. The minimum Gasteiger partial charge on any atom is -0.481 e. The van der Waals surface area contributed by atoms with Gasteiger partial charge < -0.3 is 21.1 Å². The second kappa shape index (κ2) is 16.8. The number of nitrogens with one attached hydrogen (secondary N) is 4. The number of benzene rings is 3. The normalized spacial score (nSPS) is 19.0. The molecule has 0 spiro atoms. The number of carbonyl (C=O) groups is 3. The largest absolute Gasteiger partial charge is 0.481 e. The van der Waals surface area contributed by atoms with Gasteiger partial charge in [-0.15, -0.1) is 0 Å². The molecule has 3 aromatic carbocycles. The number of hydrogen-bond donors (Lipinski definition) is 5. The van der Waals surface area contributed by atoms with Crippen LogP contribution >= 0.6 is 0 Å². The number of carbonyl (C=O) groups excluding carboxylic acids is 2. The van der Waals surface area contributed by atoms with Crippen LogP contribution in [-0.4, -0.2) is 38.0 Å². The van der Waals surface area contributed by atoms with Crippen molar-refractivity contribution >= 4 is 39.3 Å². The van der Waals surface area contributed by atoms with E-state index in [4.69, 9.17) is 5.11 Å². The summed E-state index contributed by atoms with van der Waals surface area (Å²) < 4.78 is 29.6. The van der Waals surface area contributed by atoms with Crippen molar-refractivity contribution < 1.29 is 27.9 Å². The average molecular weight is 689 g/mol. The zero-order chi connectivity index (χ0) is 34.8. The van der Waals surface area contributed by atoms with Crippen LogP contribution in [-0.2, 0) is 21.2 Å². The highest BCUT2D eigenvalue weighted by Gasteiger charge is 2.33. The van der Waals surface area contributed by atoms with Crippen molar-refractivity contribution in [3.05, 3.63) is 89.5 Å². The minimum absolute atomic E-state index is 0.0301. The fraction of sp³-hybridized carbons (Fsp3) is 0.447. The molecule has 49 heavy (non-hydrogen) atoms. The monoisotopic (exact) mass is 688 g/mol. The van der Waals surface area contributed by atoms with Gasteiger partial charge in [0.2, 0.25) is 0 Å². The highest BCUT2D eigenvalue weighted by Crippen LogP contribution is 2.43. The van der Waals surface area contributed by atoms with E-state index in [2.05, 4.69) is 20.7 Å². The van der Waals surface area contributed by atoms with Gasteiger partial charge in [-0.05, 0) is 97.4 Å². The maximum absolute atomic E-state index is 13.7. The lowest BCUT2D eigenvalue weighted by molar-refractivity contribution is -0.136.